The third-order valence-corrected chi connectivity index (χ3v) is 6.32. The summed E-state index contributed by atoms with van der Waals surface area (Å²) in [6.07, 6.45) is 5.47. The average Bonchev–Trinajstić information content (AvgIpc) is 2.70. The second-order valence-corrected chi connectivity index (χ2v) is 7.53. The lowest BCUT2D eigenvalue weighted by molar-refractivity contribution is -0.121. The van der Waals surface area contributed by atoms with Gasteiger partial charge in [0.2, 0.25) is 5.91 Å². The molecule has 3 nitrogen and oxygen atoms in total. The number of hydrogen-bond acceptors (Lipinski definition) is 3. The molecule has 3 unspecified atom stereocenters. The van der Waals surface area contributed by atoms with Crippen LogP contribution in [0.15, 0.2) is 4.99 Å². The topological polar surface area (TPSA) is 41.5 Å². The van der Waals surface area contributed by atoms with Gasteiger partial charge in [-0.1, -0.05) is 45.9 Å². The highest BCUT2D eigenvalue weighted by atomic mass is 32.2. The van der Waals surface area contributed by atoms with Crippen molar-refractivity contribution in [2.75, 3.05) is 0 Å². The summed E-state index contributed by atoms with van der Waals surface area (Å²) >= 11 is 1.65. The van der Waals surface area contributed by atoms with Crippen molar-refractivity contribution in [3.63, 3.8) is 0 Å². The van der Waals surface area contributed by atoms with Gasteiger partial charge in [-0.3, -0.25) is 9.79 Å². The molecule has 1 aliphatic heterocycles. The number of rotatable bonds is 3. The van der Waals surface area contributed by atoms with E-state index in [-0.39, 0.29) is 10.7 Å². The lowest BCUT2D eigenvalue weighted by Crippen LogP contribution is -2.35. The van der Waals surface area contributed by atoms with Gasteiger partial charge in [0, 0.05) is 0 Å². The van der Waals surface area contributed by atoms with E-state index in [2.05, 4.69) is 33.0 Å². The van der Waals surface area contributed by atoms with Crippen LogP contribution in [-0.2, 0) is 4.79 Å². The lowest BCUT2D eigenvalue weighted by atomic mass is 9.80. The molecule has 2 rings (SSSR count). The Hall–Kier alpha value is -0.510. The number of aliphatic imine (C=N–C) groups is 1. The monoisotopic (exact) mass is 282 g/mol. The molecule has 0 aromatic rings. The van der Waals surface area contributed by atoms with Crippen LogP contribution in [0.5, 0.6) is 0 Å². The molecule has 0 radical (unpaired) electrons. The summed E-state index contributed by atoms with van der Waals surface area (Å²) in [5, 5.41) is 3.86. The van der Waals surface area contributed by atoms with Crippen LogP contribution in [0.1, 0.15) is 59.8 Å². The van der Waals surface area contributed by atoms with E-state index in [0.717, 1.165) is 30.3 Å². The molecule has 1 N–H and O–H groups in total. The summed E-state index contributed by atoms with van der Waals surface area (Å²) in [6, 6.07) is 0.385. The number of amides is 1. The van der Waals surface area contributed by atoms with Crippen molar-refractivity contribution in [2.24, 2.45) is 16.8 Å². The maximum absolute atomic E-state index is 12.1. The number of thioether (sulfide) groups is 1. The van der Waals surface area contributed by atoms with Crippen molar-refractivity contribution in [3.8, 4) is 0 Å². The van der Waals surface area contributed by atoms with E-state index < -0.39 is 0 Å². The van der Waals surface area contributed by atoms with Gasteiger partial charge in [0.1, 0.15) is 4.75 Å². The summed E-state index contributed by atoms with van der Waals surface area (Å²) < 4.78 is -0.275. The molecule has 1 heterocycles. The summed E-state index contributed by atoms with van der Waals surface area (Å²) in [4.78, 5) is 17.0. The Bertz CT molecular complexity index is 376. The van der Waals surface area contributed by atoms with Gasteiger partial charge in [-0.2, -0.15) is 0 Å². The zero-order valence-corrected chi connectivity index (χ0v) is 13.3. The van der Waals surface area contributed by atoms with Crippen LogP contribution in [0.25, 0.3) is 0 Å². The van der Waals surface area contributed by atoms with Gasteiger partial charge in [-0.15, -0.1) is 0 Å². The van der Waals surface area contributed by atoms with Crippen LogP contribution in [-0.4, -0.2) is 21.9 Å². The van der Waals surface area contributed by atoms with Crippen LogP contribution < -0.4 is 5.32 Å². The number of nitrogens with zero attached hydrogens (tertiary/aromatic N) is 1. The van der Waals surface area contributed by atoms with Gasteiger partial charge in [-0.05, 0) is 37.5 Å². The Morgan fingerprint density at radius 1 is 1.32 bits per heavy atom. The van der Waals surface area contributed by atoms with Crippen LogP contribution in [0.3, 0.4) is 0 Å². The molecule has 0 aromatic carbocycles. The van der Waals surface area contributed by atoms with E-state index in [0.29, 0.717) is 12.0 Å². The molecule has 0 spiro atoms. The minimum absolute atomic E-state index is 0.151. The SMILES string of the molecule is CCC1(CC)SC(=NC2CC(C)CCC2C)NC1=O. The zero-order valence-electron chi connectivity index (χ0n) is 12.5. The fraction of sp³-hybridized carbons (Fsp3) is 0.867. The third kappa shape index (κ3) is 2.99. The van der Waals surface area contributed by atoms with Gasteiger partial charge < -0.3 is 5.32 Å². The molecule has 19 heavy (non-hydrogen) atoms. The molecular weight excluding hydrogens is 256 g/mol. The Morgan fingerprint density at radius 3 is 2.58 bits per heavy atom. The predicted octanol–water partition coefficient (Wildman–Crippen LogP) is 3.59. The van der Waals surface area contributed by atoms with Gasteiger partial charge in [0.25, 0.3) is 0 Å². The molecular formula is C15H26N2OS. The molecule has 1 saturated carbocycles. The van der Waals surface area contributed by atoms with Crippen molar-refractivity contribution in [2.45, 2.75) is 70.6 Å². The normalized spacial score (nSPS) is 36.5. The van der Waals surface area contributed by atoms with E-state index in [1.165, 1.54) is 12.8 Å². The maximum Gasteiger partial charge on any atom is 0.242 e. The first-order chi connectivity index (χ1) is 9.00. The highest BCUT2D eigenvalue weighted by Crippen LogP contribution is 2.39. The minimum atomic E-state index is -0.275. The Labute approximate surface area is 121 Å². The quantitative estimate of drug-likeness (QED) is 0.859. The number of nitrogens with one attached hydrogen (secondary N) is 1. The smallest absolute Gasteiger partial charge is 0.242 e. The van der Waals surface area contributed by atoms with Crippen LogP contribution in [0.2, 0.25) is 0 Å². The van der Waals surface area contributed by atoms with Crippen molar-refractivity contribution in [1.82, 2.24) is 5.32 Å². The standard InChI is InChI=1S/C15H26N2OS/c1-5-15(6-2)13(18)17-14(19-15)16-12-9-10(3)7-8-11(12)4/h10-12H,5-9H2,1-4H3,(H,16,17,18). The van der Waals surface area contributed by atoms with Gasteiger partial charge in [0.15, 0.2) is 5.17 Å². The predicted molar refractivity (Wildman–Crippen MR) is 82.4 cm³/mol. The number of hydrogen-bond donors (Lipinski definition) is 1. The Morgan fingerprint density at radius 2 is 2.00 bits per heavy atom. The highest BCUT2D eigenvalue weighted by Gasteiger charge is 2.44. The van der Waals surface area contributed by atoms with E-state index in [4.69, 9.17) is 4.99 Å². The average molecular weight is 282 g/mol. The molecule has 108 valence electrons. The Kier molecular flexibility index (Phi) is 4.59. The van der Waals surface area contributed by atoms with E-state index >= 15 is 0 Å². The molecule has 0 bridgehead atoms. The first-order valence-corrected chi connectivity index (χ1v) is 8.40. The van der Waals surface area contributed by atoms with Crippen LogP contribution in [0.4, 0.5) is 0 Å². The summed E-state index contributed by atoms with van der Waals surface area (Å²) in [6.45, 7) is 8.77. The van der Waals surface area contributed by atoms with Crippen molar-refractivity contribution >= 4 is 22.8 Å². The molecule has 4 heteroatoms. The first-order valence-electron chi connectivity index (χ1n) is 7.59. The van der Waals surface area contributed by atoms with E-state index in [1.54, 1.807) is 11.8 Å². The highest BCUT2D eigenvalue weighted by molar-refractivity contribution is 8.16. The first kappa shape index (κ1) is 14.9. The molecule has 1 amide bonds. The summed E-state index contributed by atoms with van der Waals surface area (Å²) in [5.74, 6) is 1.55. The maximum atomic E-state index is 12.1. The van der Waals surface area contributed by atoms with E-state index in [9.17, 15) is 4.79 Å². The minimum Gasteiger partial charge on any atom is -0.304 e. The van der Waals surface area contributed by atoms with Gasteiger partial charge >= 0.3 is 0 Å². The van der Waals surface area contributed by atoms with Gasteiger partial charge in [0.05, 0.1) is 6.04 Å². The second-order valence-electron chi connectivity index (χ2n) is 6.15. The molecule has 1 saturated heterocycles. The third-order valence-electron chi connectivity index (χ3n) is 4.77. The molecule has 1 aliphatic carbocycles. The largest absolute Gasteiger partial charge is 0.304 e. The molecule has 2 aliphatic rings. The second kappa shape index (κ2) is 5.86. The van der Waals surface area contributed by atoms with Crippen molar-refractivity contribution in [3.05, 3.63) is 0 Å². The molecule has 3 atom stereocenters. The van der Waals surface area contributed by atoms with Crippen molar-refractivity contribution < 1.29 is 4.79 Å². The van der Waals surface area contributed by atoms with E-state index in [1.807, 2.05) is 0 Å². The van der Waals surface area contributed by atoms with Crippen LogP contribution >= 0.6 is 11.8 Å². The Balaban J connectivity index is 2.10. The summed E-state index contributed by atoms with van der Waals surface area (Å²) in [7, 11) is 0. The van der Waals surface area contributed by atoms with Crippen molar-refractivity contribution in [1.29, 1.82) is 0 Å². The number of amidine groups is 1. The summed E-state index contributed by atoms with van der Waals surface area (Å²) in [5.41, 5.74) is 0. The number of carbonyl (C=O) groups is 1. The van der Waals surface area contributed by atoms with Crippen LogP contribution in [0, 0.1) is 11.8 Å². The number of carbonyl (C=O) groups excluding carboxylic acids is 1. The fourth-order valence-electron chi connectivity index (χ4n) is 3.07. The fourth-order valence-corrected chi connectivity index (χ4v) is 4.21. The lowest BCUT2D eigenvalue weighted by Gasteiger charge is -2.30. The van der Waals surface area contributed by atoms with Gasteiger partial charge in [-0.25, -0.2) is 0 Å². The zero-order chi connectivity index (χ0) is 14.0. The molecule has 2 fully saturated rings. The molecule has 0 aromatic heterocycles.